The Hall–Kier alpha value is -2.18. The molecule has 1 fully saturated rings. The molecule has 0 saturated carbocycles. The van der Waals surface area contributed by atoms with Gasteiger partial charge in [-0.05, 0) is 32.4 Å². The van der Waals surface area contributed by atoms with Crippen LogP contribution in [0.2, 0.25) is 0 Å². The van der Waals surface area contributed by atoms with E-state index in [-0.39, 0.29) is 6.04 Å². The summed E-state index contributed by atoms with van der Waals surface area (Å²) in [6.07, 6.45) is 0.322. The molecule has 4 rings (SSSR count). The van der Waals surface area contributed by atoms with Gasteiger partial charge in [0.2, 0.25) is 0 Å². The number of rotatable bonds is 3. The number of nitrogens with one attached hydrogen (secondary N) is 1. The fourth-order valence-corrected chi connectivity index (χ4v) is 3.76. The summed E-state index contributed by atoms with van der Waals surface area (Å²) in [5, 5.41) is 14.0. The molecule has 2 atom stereocenters. The zero-order valence-electron chi connectivity index (χ0n) is 15.6. The van der Waals surface area contributed by atoms with Gasteiger partial charge in [-0.2, -0.15) is 0 Å². The number of fused-ring (bicyclic) bond motifs is 2. The first kappa shape index (κ1) is 17.2. The molecule has 0 unspecified atom stereocenters. The molecule has 0 aliphatic carbocycles. The summed E-state index contributed by atoms with van der Waals surface area (Å²) in [6.45, 7) is 8.15. The Morgan fingerprint density at radius 1 is 1.23 bits per heavy atom. The first-order valence-electron chi connectivity index (χ1n) is 9.27. The van der Waals surface area contributed by atoms with Gasteiger partial charge < -0.3 is 15.2 Å². The molecular formula is C20H26N4O2. The van der Waals surface area contributed by atoms with Crippen molar-refractivity contribution >= 4 is 5.82 Å². The number of aliphatic hydroxyl groups is 1. The van der Waals surface area contributed by atoms with Crippen LogP contribution in [0.5, 0.6) is 5.75 Å². The van der Waals surface area contributed by atoms with Crippen LogP contribution < -0.4 is 10.1 Å². The van der Waals surface area contributed by atoms with Crippen LogP contribution in [0.25, 0.3) is 0 Å². The lowest BCUT2D eigenvalue weighted by atomic mass is 10.0. The number of para-hydroxylation sites is 1. The maximum atomic E-state index is 10.5. The minimum absolute atomic E-state index is 0.0322. The van der Waals surface area contributed by atoms with E-state index in [0.29, 0.717) is 25.0 Å². The van der Waals surface area contributed by atoms with Gasteiger partial charge in [0.1, 0.15) is 24.0 Å². The number of aliphatic hydroxyl groups excluding tert-OH is 1. The van der Waals surface area contributed by atoms with E-state index in [0.717, 1.165) is 41.4 Å². The first-order valence-corrected chi connectivity index (χ1v) is 9.27. The Balaban J connectivity index is 1.65. The summed E-state index contributed by atoms with van der Waals surface area (Å²) < 4.78 is 5.95. The van der Waals surface area contributed by atoms with Crippen LogP contribution in [0.1, 0.15) is 36.5 Å². The van der Waals surface area contributed by atoms with E-state index in [1.54, 1.807) is 0 Å². The topological polar surface area (TPSA) is 70.5 Å². The summed E-state index contributed by atoms with van der Waals surface area (Å²) in [6, 6.07) is 8.47. The van der Waals surface area contributed by atoms with Gasteiger partial charge in [0.15, 0.2) is 0 Å². The molecule has 1 saturated heterocycles. The number of aryl methyl sites for hydroxylation is 1. The van der Waals surface area contributed by atoms with E-state index in [9.17, 15) is 5.11 Å². The van der Waals surface area contributed by atoms with E-state index in [4.69, 9.17) is 4.74 Å². The molecule has 0 spiro atoms. The molecule has 0 radical (unpaired) electrons. The number of β-amino-alcohol motifs (C(OH)–C–C–N with tert-alkyl or cyclic N) is 1. The van der Waals surface area contributed by atoms with E-state index in [1.807, 2.05) is 25.1 Å². The zero-order chi connectivity index (χ0) is 18.3. The summed E-state index contributed by atoms with van der Waals surface area (Å²) in [5.74, 6) is 2.44. The van der Waals surface area contributed by atoms with Crippen LogP contribution in [-0.4, -0.2) is 51.3 Å². The van der Waals surface area contributed by atoms with Crippen LogP contribution in [0.15, 0.2) is 24.3 Å². The largest absolute Gasteiger partial charge is 0.487 e. The smallest absolute Gasteiger partial charge is 0.134 e. The Kier molecular flexibility index (Phi) is 4.54. The molecule has 1 aromatic carbocycles. The van der Waals surface area contributed by atoms with E-state index in [1.165, 1.54) is 0 Å². The summed E-state index contributed by atoms with van der Waals surface area (Å²) in [7, 11) is 0. The van der Waals surface area contributed by atoms with Gasteiger partial charge in [-0.15, -0.1) is 0 Å². The summed E-state index contributed by atoms with van der Waals surface area (Å²) >= 11 is 0. The number of aromatic nitrogens is 2. The van der Waals surface area contributed by atoms with Gasteiger partial charge in [0.25, 0.3) is 0 Å². The van der Waals surface area contributed by atoms with Gasteiger partial charge in [-0.25, -0.2) is 9.97 Å². The van der Waals surface area contributed by atoms with Crippen molar-refractivity contribution in [3.63, 3.8) is 0 Å². The number of hydrogen-bond acceptors (Lipinski definition) is 6. The van der Waals surface area contributed by atoms with Gasteiger partial charge in [0, 0.05) is 31.1 Å². The summed E-state index contributed by atoms with van der Waals surface area (Å²) in [4.78, 5) is 11.6. The lowest BCUT2D eigenvalue weighted by Crippen LogP contribution is -2.34. The highest BCUT2D eigenvalue weighted by atomic mass is 16.5. The molecule has 6 heteroatoms. The molecule has 2 aliphatic heterocycles. The number of benzene rings is 1. The van der Waals surface area contributed by atoms with E-state index in [2.05, 4.69) is 40.1 Å². The van der Waals surface area contributed by atoms with Crippen LogP contribution in [0.3, 0.4) is 0 Å². The molecule has 2 N–H and O–H groups in total. The maximum absolute atomic E-state index is 10.5. The van der Waals surface area contributed by atoms with E-state index < -0.39 is 6.10 Å². The SMILES string of the molecule is Cc1nc2c(c(N[C@H]3CN(C(C)C)C[C@@H]3O)n1)Cc1ccccc1OC2. The predicted molar refractivity (Wildman–Crippen MR) is 100 cm³/mol. The van der Waals surface area contributed by atoms with Crippen LogP contribution in [-0.2, 0) is 13.0 Å². The normalized spacial score (nSPS) is 22.5. The van der Waals surface area contributed by atoms with Crippen molar-refractivity contribution < 1.29 is 9.84 Å². The molecular weight excluding hydrogens is 328 g/mol. The molecule has 2 aromatic rings. The van der Waals surface area contributed by atoms with E-state index >= 15 is 0 Å². The van der Waals surface area contributed by atoms with Crippen LogP contribution >= 0.6 is 0 Å². The van der Waals surface area contributed by atoms with Crippen molar-refractivity contribution in [1.82, 2.24) is 14.9 Å². The van der Waals surface area contributed by atoms with Crippen molar-refractivity contribution in [2.75, 3.05) is 18.4 Å². The molecule has 6 nitrogen and oxygen atoms in total. The quantitative estimate of drug-likeness (QED) is 0.880. The number of hydrogen-bond donors (Lipinski definition) is 2. The van der Waals surface area contributed by atoms with Crippen LogP contribution in [0, 0.1) is 6.92 Å². The highest BCUT2D eigenvalue weighted by Gasteiger charge is 2.33. The predicted octanol–water partition coefficient (Wildman–Crippen LogP) is 2.13. The minimum atomic E-state index is -0.405. The third kappa shape index (κ3) is 3.27. The number of anilines is 1. The molecule has 0 bridgehead atoms. The summed E-state index contributed by atoms with van der Waals surface area (Å²) in [5.41, 5.74) is 3.12. The lowest BCUT2D eigenvalue weighted by molar-refractivity contribution is 0.161. The molecule has 1 aromatic heterocycles. The second-order valence-corrected chi connectivity index (χ2v) is 7.48. The molecule has 26 heavy (non-hydrogen) atoms. The fraction of sp³-hybridized carbons (Fsp3) is 0.500. The number of ether oxygens (including phenoxy) is 1. The van der Waals surface area contributed by atoms with Crippen LogP contribution in [0.4, 0.5) is 5.82 Å². The van der Waals surface area contributed by atoms with Crippen molar-refractivity contribution in [3.8, 4) is 5.75 Å². The van der Waals surface area contributed by atoms with Gasteiger partial charge >= 0.3 is 0 Å². The second kappa shape index (κ2) is 6.85. The standard InChI is InChI=1S/C20H26N4O2/c1-12(2)24-9-16(18(25)10-24)23-20-15-8-14-6-4-5-7-19(14)26-11-17(15)21-13(3)22-20/h4-7,12,16,18,25H,8-11H2,1-3H3,(H,21,22,23)/t16-,18-/m0/s1. The van der Waals surface area contributed by atoms with Gasteiger partial charge in [-0.3, -0.25) is 4.90 Å². The lowest BCUT2D eigenvalue weighted by Gasteiger charge is -2.21. The second-order valence-electron chi connectivity index (χ2n) is 7.48. The molecule has 2 aliphatic rings. The molecule has 0 amide bonds. The average molecular weight is 354 g/mol. The monoisotopic (exact) mass is 354 g/mol. The van der Waals surface area contributed by atoms with Crippen molar-refractivity contribution in [3.05, 3.63) is 46.9 Å². The fourth-order valence-electron chi connectivity index (χ4n) is 3.76. The van der Waals surface area contributed by atoms with Crippen molar-refractivity contribution in [2.24, 2.45) is 0 Å². The van der Waals surface area contributed by atoms with Crippen molar-refractivity contribution in [2.45, 2.75) is 52.0 Å². The number of likely N-dealkylation sites (tertiary alicyclic amines) is 1. The highest BCUT2D eigenvalue weighted by molar-refractivity contribution is 5.53. The first-order chi connectivity index (χ1) is 12.5. The average Bonchev–Trinajstić information content (AvgIpc) is 2.86. The Morgan fingerprint density at radius 3 is 2.81 bits per heavy atom. The third-order valence-electron chi connectivity index (χ3n) is 5.28. The Morgan fingerprint density at radius 2 is 2.04 bits per heavy atom. The number of nitrogens with zero attached hydrogens (tertiary/aromatic N) is 3. The van der Waals surface area contributed by atoms with Gasteiger partial charge in [0.05, 0.1) is 17.8 Å². The minimum Gasteiger partial charge on any atom is -0.487 e. The molecule has 3 heterocycles. The zero-order valence-corrected chi connectivity index (χ0v) is 15.6. The van der Waals surface area contributed by atoms with Gasteiger partial charge in [-0.1, -0.05) is 18.2 Å². The maximum Gasteiger partial charge on any atom is 0.134 e. The Bertz CT molecular complexity index is 808. The highest BCUT2D eigenvalue weighted by Crippen LogP contribution is 2.31. The molecule has 138 valence electrons. The third-order valence-corrected chi connectivity index (χ3v) is 5.28. The van der Waals surface area contributed by atoms with Crippen molar-refractivity contribution in [1.29, 1.82) is 0 Å². The Labute approximate surface area is 154 Å².